The molecule has 1 aliphatic heterocycles. The first-order valence-corrected chi connectivity index (χ1v) is 11.6. The van der Waals surface area contributed by atoms with Crippen molar-refractivity contribution in [2.24, 2.45) is 4.99 Å². The number of benzene rings is 2. The predicted octanol–water partition coefficient (Wildman–Crippen LogP) is 3.51. The molecule has 1 saturated heterocycles. The van der Waals surface area contributed by atoms with Crippen LogP contribution in [0.25, 0.3) is 0 Å². The quantitative estimate of drug-likeness (QED) is 0.415. The maximum absolute atomic E-state index is 12.5. The highest BCUT2D eigenvalue weighted by atomic mass is 16.5. The van der Waals surface area contributed by atoms with Gasteiger partial charge in [0.05, 0.1) is 12.6 Å². The molecule has 0 radical (unpaired) electrons. The van der Waals surface area contributed by atoms with Crippen molar-refractivity contribution in [3.63, 3.8) is 0 Å². The number of aliphatic imine (C=N–C) groups is 1. The van der Waals surface area contributed by atoms with Crippen molar-refractivity contribution >= 4 is 11.9 Å². The molecule has 0 spiro atoms. The molecule has 1 atom stereocenters. The number of hydrogen-bond donors (Lipinski definition) is 3. The Morgan fingerprint density at radius 2 is 1.88 bits per heavy atom. The topological polar surface area (TPSA) is 74.8 Å². The minimum Gasteiger partial charge on any atom is -0.376 e. The average molecular weight is 437 g/mol. The first-order valence-electron chi connectivity index (χ1n) is 11.6. The lowest BCUT2D eigenvalue weighted by Crippen LogP contribution is -2.38. The Morgan fingerprint density at radius 1 is 1.06 bits per heavy atom. The van der Waals surface area contributed by atoms with Crippen LogP contribution >= 0.6 is 0 Å². The smallest absolute Gasteiger partial charge is 0.251 e. The molecule has 32 heavy (non-hydrogen) atoms. The maximum Gasteiger partial charge on any atom is 0.251 e. The van der Waals surface area contributed by atoms with Crippen molar-refractivity contribution < 1.29 is 9.53 Å². The van der Waals surface area contributed by atoms with Crippen LogP contribution in [-0.2, 0) is 17.7 Å². The molecule has 3 rings (SSSR count). The van der Waals surface area contributed by atoms with Gasteiger partial charge in [-0.2, -0.15) is 0 Å². The van der Waals surface area contributed by atoms with Gasteiger partial charge in [-0.3, -0.25) is 4.79 Å². The van der Waals surface area contributed by atoms with Crippen molar-refractivity contribution in [2.75, 3.05) is 26.2 Å². The van der Waals surface area contributed by atoms with Gasteiger partial charge in [0.2, 0.25) is 0 Å². The molecule has 1 unspecified atom stereocenters. The van der Waals surface area contributed by atoms with Crippen LogP contribution in [0.2, 0.25) is 0 Å². The highest BCUT2D eigenvalue weighted by Gasteiger charge is 2.16. The molecular formula is C26H36N4O2. The number of nitrogens with zero attached hydrogens (tertiary/aromatic N) is 1. The molecule has 1 aliphatic rings. The van der Waals surface area contributed by atoms with Gasteiger partial charge in [-0.05, 0) is 63.3 Å². The van der Waals surface area contributed by atoms with E-state index in [0.29, 0.717) is 18.7 Å². The van der Waals surface area contributed by atoms with Crippen LogP contribution < -0.4 is 16.0 Å². The molecule has 0 bridgehead atoms. The highest BCUT2D eigenvalue weighted by Crippen LogP contribution is 2.12. The summed E-state index contributed by atoms with van der Waals surface area (Å²) >= 11 is 0. The van der Waals surface area contributed by atoms with E-state index in [1.54, 1.807) is 0 Å². The fraction of sp³-hybridized carbons (Fsp3) is 0.462. The Labute approximate surface area is 191 Å². The van der Waals surface area contributed by atoms with E-state index in [1.807, 2.05) is 24.3 Å². The van der Waals surface area contributed by atoms with Gasteiger partial charge in [-0.15, -0.1) is 0 Å². The van der Waals surface area contributed by atoms with Gasteiger partial charge in [0.25, 0.3) is 5.91 Å². The van der Waals surface area contributed by atoms with E-state index in [4.69, 9.17) is 9.73 Å². The van der Waals surface area contributed by atoms with Gasteiger partial charge in [0.15, 0.2) is 5.96 Å². The van der Waals surface area contributed by atoms with E-state index in [1.165, 1.54) is 16.7 Å². The molecule has 172 valence electrons. The molecular weight excluding hydrogens is 400 g/mol. The Hall–Kier alpha value is -2.86. The fourth-order valence-electron chi connectivity index (χ4n) is 3.98. The monoisotopic (exact) mass is 436 g/mol. The van der Waals surface area contributed by atoms with Gasteiger partial charge in [-0.25, -0.2) is 4.99 Å². The molecule has 6 nitrogen and oxygen atoms in total. The number of carbonyl (C=O) groups is 1. The standard InChI is InChI=1S/C26H36N4O2/c1-4-27-26(28-11-10-21-14-19(2)13-20(3)15-21)30-17-22-7-5-8-23(16-22)25(31)29-18-24-9-6-12-32-24/h5,7-8,13-16,24H,4,6,9-12,17-18H2,1-3H3,(H,29,31)(H2,27,28,30). The molecule has 1 amide bonds. The number of ether oxygens (including phenoxy) is 1. The summed E-state index contributed by atoms with van der Waals surface area (Å²) in [6.07, 6.45) is 3.16. The Balaban J connectivity index is 1.53. The summed E-state index contributed by atoms with van der Waals surface area (Å²) in [7, 11) is 0. The minimum absolute atomic E-state index is 0.0650. The summed E-state index contributed by atoms with van der Waals surface area (Å²) in [6.45, 7) is 9.78. The minimum atomic E-state index is -0.0650. The van der Waals surface area contributed by atoms with Crippen LogP contribution in [0.4, 0.5) is 0 Å². The molecule has 6 heteroatoms. The SMILES string of the molecule is CCNC(=NCc1cccc(C(=O)NCC2CCCO2)c1)NCCc1cc(C)cc(C)c1. The number of rotatable bonds is 9. The van der Waals surface area contributed by atoms with E-state index in [0.717, 1.165) is 50.5 Å². The third-order valence-electron chi connectivity index (χ3n) is 5.46. The number of nitrogens with one attached hydrogen (secondary N) is 3. The Morgan fingerprint density at radius 3 is 2.59 bits per heavy atom. The second kappa shape index (κ2) is 12.2. The molecule has 1 fully saturated rings. The molecule has 0 saturated carbocycles. The Bertz CT molecular complexity index is 900. The van der Waals surface area contributed by atoms with Crippen LogP contribution in [0.3, 0.4) is 0 Å². The zero-order valence-corrected chi connectivity index (χ0v) is 19.5. The second-order valence-electron chi connectivity index (χ2n) is 8.41. The van der Waals surface area contributed by atoms with E-state index in [-0.39, 0.29) is 12.0 Å². The number of carbonyl (C=O) groups excluding carboxylic acids is 1. The van der Waals surface area contributed by atoms with Gasteiger partial charge in [0, 0.05) is 31.8 Å². The van der Waals surface area contributed by atoms with E-state index in [2.05, 4.69) is 54.9 Å². The lowest BCUT2D eigenvalue weighted by molar-refractivity contribution is 0.0857. The normalized spacial score (nSPS) is 16.1. The van der Waals surface area contributed by atoms with Crippen molar-refractivity contribution in [3.05, 3.63) is 70.3 Å². The molecule has 0 aliphatic carbocycles. The number of guanidine groups is 1. The third kappa shape index (κ3) is 7.68. The largest absolute Gasteiger partial charge is 0.376 e. The van der Waals surface area contributed by atoms with Gasteiger partial charge < -0.3 is 20.7 Å². The Kier molecular flexibility index (Phi) is 9.11. The van der Waals surface area contributed by atoms with Crippen molar-refractivity contribution in [1.29, 1.82) is 0 Å². The summed E-state index contributed by atoms with van der Waals surface area (Å²) in [6, 6.07) is 14.3. The first-order chi connectivity index (χ1) is 15.5. The summed E-state index contributed by atoms with van der Waals surface area (Å²) in [4.78, 5) is 17.2. The summed E-state index contributed by atoms with van der Waals surface area (Å²) in [5, 5.41) is 9.69. The summed E-state index contributed by atoms with van der Waals surface area (Å²) in [5.74, 6) is 0.718. The van der Waals surface area contributed by atoms with Crippen LogP contribution in [0.5, 0.6) is 0 Å². The van der Waals surface area contributed by atoms with Crippen molar-refractivity contribution in [3.8, 4) is 0 Å². The third-order valence-corrected chi connectivity index (χ3v) is 5.46. The van der Waals surface area contributed by atoms with Gasteiger partial charge >= 0.3 is 0 Å². The first kappa shape index (κ1) is 23.8. The molecule has 0 aromatic heterocycles. The predicted molar refractivity (Wildman–Crippen MR) is 130 cm³/mol. The van der Waals surface area contributed by atoms with Crippen LogP contribution in [-0.4, -0.2) is 44.2 Å². The zero-order valence-electron chi connectivity index (χ0n) is 19.5. The number of amides is 1. The fourth-order valence-corrected chi connectivity index (χ4v) is 3.98. The summed E-state index contributed by atoms with van der Waals surface area (Å²) in [5.41, 5.74) is 5.57. The lowest BCUT2D eigenvalue weighted by Gasteiger charge is -2.13. The van der Waals surface area contributed by atoms with E-state index >= 15 is 0 Å². The highest BCUT2D eigenvalue weighted by molar-refractivity contribution is 5.94. The average Bonchev–Trinajstić information content (AvgIpc) is 3.29. The van der Waals surface area contributed by atoms with Gasteiger partial charge in [0.1, 0.15) is 0 Å². The van der Waals surface area contributed by atoms with Gasteiger partial charge in [-0.1, -0.05) is 41.5 Å². The van der Waals surface area contributed by atoms with Crippen LogP contribution in [0.15, 0.2) is 47.5 Å². The van der Waals surface area contributed by atoms with E-state index < -0.39 is 0 Å². The van der Waals surface area contributed by atoms with Crippen LogP contribution in [0.1, 0.15) is 52.4 Å². The van der Waals surface area contributed by atoms with Crippen molar-refractivity contribution in [1.82, 2.24) is 16.0 Å². The summed E-state index contributed by atoms with van der Waals surface area (Å²) < 4.78 is 5.58. The number of hydrogen-bond acceptors (Lipinski definition) is 3. The van der Waals surface area contributed by atoms with Crippen molar-refractivity contribution in [2.45, 2.75) is 52.7 Å². The molecule has 2 aromatic rings. The molecule has 3 N–H and O–H groups in total. The molecule has 1 heterocycles. The molecule has 2 aromatic carbocycles. The lowest BCUT2D eigenvalue weighted by atomic mass is 10.1. The second-order valence-corrected chi connectivity index (χ2v) is 8.41. The number of aryl methyl sites for hydroxylation is 2. The maximum atomic E-state index is 12.5. The zero-order chi connectivity index (χ0) is 22.8. The van der Waals surface area contributed by atoms with Crippen LogP contribution in [0, 0.1) is 13.8 Å². The van der Waals surface area contributed by atoms with E-state index in [9.17, 15) is 4.79 Å².